The predicted molar refractivity (Wildman–Crippen MR) is 78.7 cm³/mol. The van der Waals surface area contributed by atoms with Crippen molar-refractivity contribution in [2.75, 3.05) is 20.6 Å². The van der Waals surface area contributed by atoms with Crippen LogP contribution >= 0.6 is 0 Å². The first-order valence-corrected chi connectivity index (χ1v) is 7.04. The molecule has 18 heavy (non-hydrogen) atoms. The van der Waals surface area contributed by atoms with Gasteiger partial charge in [-0.3, -0.25) is 0 Å². The number of nitrogens with zero attached hydrogens (tertiary/aromatic N) is 2. The van der Waals surface area contributed by atoms with Crippen LogP contribution in [0.4, 0.5) is 0 Å². The highest BCUT2D eigenvalue weighted by Gasteiger charge is 2.11. The lowest BCUT2D eigenvalue weighted by Crippen LogP contribution is -2.38. The smallest absolute Gasteiger partial charge is 0.0223 e. The first-order valence-electron chi connectivity index (χ1n) is 7.04. The Morgan fingerprint density at radius 2 is 2.06 bits per heavy atom. The Balaban J connectivity index is 2.44. The van der Waals surface area contributed by atoms with Crippen molar-refractivity contribution < 1.29 is 0 Å². The van der Waals surface area contributed by atoms with Gasteiger partial charge in [0.15, 0.2) is 0 Å². The molecule has 0 bridgehead atoms. The van der Waals surface area contributed by atoms with Gasteiger partial charge in [0.25, 0.3) is 0 Å². The Morgan fingerprint density at radius 1 is 1.33 bits per heavy atom. The van der Waals surface area contributed by atoms with Crippen molar-refractivity contribution in [1.29, 1.82) is 0 Å². The molecule has 0 aliphatic heterocycles. The van der Waals surface area contributed by atoms with E-state index >= 15 is 0 Å². The molecule has 3 heteroatoms. The minimum Gasteiger partial charge on any atom is -0.354 e. The average molecular weight is 251 g/mol. The lowest BCUT2D eigenvalue weighted by Gasteiger charge is -2.23. The number of aromatic nitrogens is 1. The molecule has 1 N–H and O–H groups in total. The maximum atomic E-state index is 3.68. The molecule has 0 spiro atoms. The van der Waals surface area contributed by atoms with Gasteiger partial charge in [-0.2, -0.15) is 0 Å². The van der Waals surface area contributed by atoms with Crippen molar-refractivity contribution >= 4 is 0 Å². The van der Waals surface area contributed by atoms with E-state index in [4.69, 9.17) is 0 Å². The van der Waals surface area contributed by atoms with E-state index in [-0.39, 0.29) is 0 Å². The molecule has 1 atom stereocenters. The van der Waals surface area contributed by atoms with Gasteiger partial charge >= 0.3 is 0 Å². The zero-order valence-electron chi connectivity index (χ0n) is 12.6. The summed E-state index contributed by atoms with van der Waals surface area (Å²) in [5, 5.41) is 3.68. The Hall–Kier alpha value is -0.800. The Morgan fingerprint density at radius 3 is 2.56 bits per heavy atom. The first-order chi connectivity index (χ1) is 8.51. The summed E-state index contributed by atoms with van der Waals surface area (Å²) in [6.07, 6.45) is 5.61. The molecule has 0 saturated carbocycles. The van der Waals surface area contributed by atoms with Crippen LogP contribution in [-0.2, 0) is 13.1 Å². The second-order valence-electron chi connectivity index (χ2n) is 5.82. The van der Waals surface area contributed by atoms with E-state index in [9.17, 15) is 0 Å². The molecular weight excluding hydrogens is 222 g/mol. The predicted octanol–water partition coefficient (Wildman–Crippen LogP) is 2.57. The van der Waals surface area contributed by atoms with Crippen LogP contribution in [0.3, 0.4) is 0 Å². The molecule has 0 aromatic carbocycles. The van der Waals surface area contributed by atoms with Crippen LogP contribution in [0, 0.1) is 5.92 Å². The summed E-state index contributed by atoms with van der Waals surface area (Å²) in [4.78, 5) is 2.26. The van der Waals surface area contributed by atoms with Gasteiger partial charge in [0, 0.05) is 38.1 Å². The molecular formula is C15H29N3. The minimum atomic E-state index is 0.574. The van der Waals surface area contributed by atoms with Crippen molar-refractivity contribution in [1.82, 2.24) is 14.8 Å². The molecule has 1 aromatic heterocycles. The van der Waals surface area contributed by atoms with Crippen LogP contribution in [0.15, 0.2) is 18.5 Å². The fourth-order valence-corrected chi connectivity index (χ4v) is 2.29. The summed E-state index contributed by atoms with van der Waals surface area (Å²) in [7, 11) is 4.28. The molecule has 3 nitrogen and oxygen atoms in total. The lowest BCUT2D eigenvalue weighted by molar-refractivity contribution is 0.305. The minimum absolute atomic E-state index is 0.574. The summed E-state index contributed by atoms with van der Waals surface area (Å²) in [5.74, 6) is 0.739. The fraction of sp³-hybridized carbons (Fsp3) is 0.733. The van der Waals surface area contributed by atoms with Crippen LogP contribution in [0.25, 0.3) is 0 Å². The number of hydrogen-bond acceptors (Lipinski definition) is 2. The van der Waals surface area contributed by atoms with Crippen molar-refractivity contribution in [3.05, 3.63) is 24.0 Å². The largest absolute Gasteiger partial charge is 0.354 e. The third-order valence-electron chi connectivity index (χ3n) is 3.11. The third kappa shape index (κ3) is 5.69. The van der Waals surface area contributed by atoms with Crippen LogP contribution in [0.2, 0.25) is 0 Å². The summed E-state index contributed by atoms with van der Waals surface area (Å²) >= 11 is 0. The Bertz CT molecular complexity index is 318. The molecule has 1 heterocycles. The molecule has 1 rings (SSSR count). The van der Waals surface area contributed by atoms with Gasteiger partial charge in [0.05, 0.1) is 0 Å². The third-order valence-corrected chi connectivity index (χ3v) is 3.11. The van der Waals surface area contributed by atoms with Crippen LogP contribution < -0.4 is 5.32 Å². The second kappa shape index (κ2) is 7.59. The van der Waals surface area contributed by atoms with E-state index in [2.05, 4.69) is 68.1 Å². The van der Waals surface area contributed by atoms with Gasteiger partial charge in [-0.1, -0.05) is 13.8 Å². The lowest BCUT2D eigenvalue weighted by atomic mass is 10.0. The Labute approximate surface area is 112 Å². The quantitative estimate of drug-likeness (QED) is 0.766. The zero-order chi connectivity index (χ0) is 13.5. The van der Waals surface area contributed by atoms with Crippen molar-refractivity contribution in [3.8, 4) is 0 Å². The van der Waals surface area contributed by atoms with Crippen LogP contribution in [0.1, 0.15) is 32.8 Å². The molecule has 0 aliphatic carbocycles. The van der Waals surface area contributed by atoms with E-state index in [0.29, 0.717) is 6.04 Å². The summed E-state index contributed by atoms with van der Waals surface area (Å²) in [6, 6.07) is 2.78. The van der Waals surface area contributed by atoms with Gasteiger partial charge in [-0.05, 0) is 45.0 Å². The van der Waals surface area contributed by atoms with Crippen LogP contribution in [-0.4, -0.2) is 36.1 Å². The topological polar surface area (TPSA) is 20.2 Å². The highest BCUT2D eigenvalue weighted by atomic mass is 15.1. The summed E-state index contributed by atoms with van der Waals surface area (Å²) < 4.78 is 2.22. The molecule has 1 unspecified atom stereocenters. The van der Waals surface area contributed by atoms with E-state index in [0.717, 1.165) is 25.6 Å². The van der Waals surface area contributed by atoms with Gasteiger partial charge in [0.1, 0.15) is 0 Å². The normalized spacial score (nSPS) is 13.5. The number of hydrogen-bond donors (Lipinski definition) is 1. The number of nitrogens with one attached hydrogen (secondary N) is 1. The van der Waals surface area contributed by atoms with Gasteiger partial charge in [-0.25, -0.2) is 0 Å². The highest BCUT2D eigenvalue weighted by Crippen LogP contribution is 2.07. The highest BCUT2D eigenvalue weighted by molar-refractivity contribution is 5.10. The molecule has 0 amide bonds. The molecule has 0 radical (unpaired) electrons. The molecule has 0 fully saturated rings. The first kappa shape index (κ1) is 15.3. The van der Waals surface area contributed by atoms with Gasteiger partial charge < -0.3 is 14.8 Å². The van der Waals surface area contributed by atoms with Gasteiger partial charge in [-0.15, -0.1) is 0 Å². The SMILES string of the molecule is CCn1ccc(CNC(CC(C)C)CN(C)C)c1. The second-order valence-corrected chi connectivity index (χ2v) is 5.82. The van der Waals surface area contributed by atoms with E-state index < -0.39 is 0 Å². The summed E-state index contributed by atoms with van der Waals surface area (Å²) in [5.41, 5.74) is 1.38. The van der Waals surface area contributed by atoms with Crippen molar-refractivity contribution in [3.63, 3.8) is 0 Å². The Kier molecular flexibility index (Phi) is 6.44. The monoisotopic (exact) mass is 251 g/mol. The number of aryl methyl sites for hydroxylation is 1. The van der Waals surface area contributed by atoms with E-state index in [1.807, 2.05) is 0 Å². The van der Waals surface area contributed by atoms with E-state index in [1.165, 1.54) is 12.0 Å². The molecule has 0 saturated heterocycles. The standard InChI is InChI=1S/C15H29N3/c1-6-18-8-7-14(11-18)10-16-15(9-13(2)3)12-17(4)5/h7-8,11,13,15-16H,6,9-10,12H2,1-5H3. The van der Waals surface area contributed by atoms with Crippen molar-refractivity contribution in [2.45, 2.75) is 46.3 Å². The van der Waals surface area contributed by atoms with Gasteiger partial charge in [0.2, 0.25) is 0 Å². The molecule has 104 valence electrons. The van der Waals surface area contributed by atoms with Crippen molar-refractivity contribution in [2.24, 2.45) is 5.92 Å². The van der Waals surface area contributed by atoms with E-state index in [1.54, 1.807) is 0 Å². The molecule has 1 aromatic rings. The summed E-state index contributed by atoms with van der Waals surface area (Å²) in [6.45, 7) is 9.87. The van der Waals surface area contributed by atoms with Crippen LogP contribution in [0.5, 0.6) is 0 Å². The zero-order valence-corrected chi connectivity index (χ0v) is 12.6. The average Bonchev–Trinajstić information content (AvgIpc) is 2.72. The number of likely N-dealkylation sites (N-methyl/N-ethyl adjacent to an activating group) is 1. The fourth-order valence-electron chi connectivity index (χ4n) is 2.29. The molecule has 0 aliphatic rings. The maximum absolute atomic E-state index is 3.68. The maximum Gasteiger partial charge on any atom is 0.0223 e. The number of rotatable bonds is 8.